The summed E-state index contributed by atoms with van der Waals surface area (Å²) in [7, 11) is 0. The Morgan fingerprint density at radius 2 is 1.78 bits per heavy atom. The van der Waals surface area contributed by atoms with Crippen molar-refractivity contribution in [2.45, 2.75) is 12.8 Å². The van der Waals surface area contributed by atoms with Crippen LogP contribution in [0.3, 0.4) is 0 Å². The number of ether oxygens (including phenoxy) is 2. The number of para-hydroxylation sites is 1. The van der Waals surface area contributed by atoms with Crippen molar-refractivity contribution in [3.05, 3.63) is 60.2 Å². The molecule has 1 amide bonds. The lowest BCUT2D eigenvalue weighted by atomic mass is 9.86. The number of benzene rings is 2. The maximum Gasteiger partial charge on any atom is 0.308 e. The molecule has 1 aliphatic rings. The van der Waals surface area contributed by atoms with Gasteiger partial charge >= 0.3 is 5.97 Å². The lowest BCUT2D eigenvalue weighted by Crippen LogP contribution is -2.39. The van der Waals surface area contributed by atoms with Crippen LogP contribution in [-0.2, 0) is 9.53 Å². The van der Waals surface area contributed by atoms with Crippen molar-refractivity contribution < 1.29 is 24.2 Å². The molecule has 6 nitrogen and oxygen atoms in total. The number of carbonyl (C=O) groups excluding carboxylic acids is 1. The van der Waals surface area contributed by atoms with Crippen molar-refractivity contribution in [2.24, 2.45) is 11.8 Å². The monoisotopic (exact) mass is 369 g/mol. The first-order valence-electron chi connectivity index (χ1n) is 9.05. The number of amides is 1. The summed E-state index contributed by atoms with van der Waals surface area (Å²) in [5, 5.41) is 12.3. The summed E-state index contributed by atoms with van der Waals surface area (Å²) in [6, 6.07) is 16.1. The maximum absolute atomic E-state index is 12.5. The van der Waals surface area contributed by atoms with Gasteiger partial charge in [-0.2, -0.15) is 0 Å². The Balaban J connectivity index is 1.61. The van der Waals surface area contributed by atoms with Crippen LogP contribution in [0.15, 0.2) is 54.6 Å². The van der Waals surface area contributed by atoms with Crippen LogP contribution in [0, 0.1) is 11.8 Å². The standard InChI is InChI=1S/C21H23NO5/c23-20(22-14-19(21(24)25)15-9-11-26-12-10-15)16-5-4-8-18(13-16)27-17-6-2-1-3-7-17/h1-8,13,15,19H,9-12,14H2,(H,22,23)(H,24,25). The quantitative estimate of drug-likeness (QED) is 0.782. The molecule has 1 saturated heterocycles. The third-order valence-corrected chi connectivity index (χ3v) is 4.71. The molecule has 0 aliphatic carbocycles. The number of aliphatic carboxylic acids is 1. The van der Waals surface area contributed by atoms with Gasteiger partial charge < -0.3 is 19.9 Å². The Hall–Kier alpha value is -2.86. The lowest BCUT2D eigenvalue weighted by molar-refractivity contribution is -0.144. The summed E-state index contributed by atoms with van der Waals surface area (Å²) in [6.07, 6.45) is 1.40. The summed E-state index contributed by atoms with van der Waals surface area (Å²) in [5.74, 6) is -0.560. The highest BCUT2D eigenvalue weighted by molar-refractivity contribution is 5.94. The van der Waals surface area contributed by atoms with Gasteiger partial charge in [0.05, 0.1) is 5.92 Å². The number of carboxylic acids is 1. The smallest absolute Gasteiger partial charge is 0.308 e. The predicted octanol–water partition coefficient (Wildman–Crippen LogP) is 3.34. The van der Waals surface area contributed by atoms with Crippen LogP contribution in [0.1, 0.15) is 23.2 Å². The fourth-order valence-electron chi connectivity index (χ4n) is 3.20. The highest BCUT2D eigenvalue weighted by atomic mass is 16.5. The van der Waals surface area contributed by atoms with Gasteiger partial charge in [-0.3, -0.25) is 9.59 Å². The van der Waals surface area contributed by atoms with Gasteiger partial charge in [0.1, 0.15) is 11.5 Å². The Bertz CT molecular complexity index is 771. The van der Waals surface area contributed by atoms with Gasteiger partial charge in [-0.25, -0.2) is 0 Å². The van der Waals surface area contributed by atoms with E-state index in [1.165, 1.54) is 0 Å². The topological polar surface area (TPSA) is 84.9 Å². The van der Waals surface area contributed by atoms with Gasteiger partial charge in [-0.15, -0.1) is 0 Å². The molecule has 6 heteroatoms. The maximum atomic E-state index is 12.5. The summed E-state index contributed by atoms with van der Waals surface area (Å²) in [6.45, 7) is 1.24. The van der Waals surface area contributed by atoms with Crippen molar-refractivity contribution in [1.82, 2.24) is 5.32 Å². The molecule has 2 aromatic carbocycles. The average molecular weight is 369 g/mol. The first-order chi connectivity index (χ1) is 13.1. The Kier molecular flexibility index (Phi) is 6.44. The Morgan fingerprint density at radius 3 is 2.48 bits per heavy atom. The third kappa shape index (κ3) is 5.31. The number of nitrogens with one attached hydrogen (secondary N) is 1. The molecular formula is C21H23NO5. The first kappa shape index (κ1) is 18.9. The number of carboxylic acid groups (broad SMARTS) is 1. The molecule has 27 heavy (non-hydrogen) atoms. The minimum absolute atomic E-state index is 0.0179. The summed E-state index contributed by atoms with van der Waals surface area (Å²) < 4.78 is 11.0. The van der Waals surface area contributed by atoms with Gasteiger partial charge in [-0.05, 0) is 49.1 Å². The predicted molar refractivity (Wildman–Crippen MR) is 100.0 cm³/mol. The van der Waals surface area contributed by atoms with Gasteiger partial charge in [0, 0.05) is 25.3 Å². The highest BCUT2D eigenvalue weighted by Crippen LogP contribution is 2.24. The number of hydrogen-bond acceptors (Lipinski definition) is 4. The zero-order valence-electron chi connectivity index (χ0n) is 15.0. The van der Waals surface area contributed by atoms with Crippen molar-refractivity contribution >= 4 is 11.9 Å². The molecule has 0 aromatic heterocycles. The van der Waals surface area contributed by atoms with Gasteiger partial charge in [-0.1, -0.05) is 24.3 Å². The molecule has 2 aromatic rings. The van der Waals surface area contributed by atoms with E-state index in [4.69, 9.17) is 9.47 Å². The van der Waals surface area contributed by atoms with Gasteiger partial charge in [0.15, 0.2) is 0 Å². The zero-order chi connectivity index (χ0) is 19.1. The molecule has 1 unspecified atom stereocenters. The Labute approximate surface area is 158 Å². The van der Waals surface area contributed by atoms with Crippen molar-refractivity contribution in [2.75, 3.05) is 19.8 Å². The minimum Gasteiger partial charge on any atom is -0.481 e. The molecule has 0 saturated carbocycles. The van der Waals surface area contributed by atoms with E-state index in [1.54, 1.807) is 24.3 Å². The zero-order valence-corrected chi connectivity index (χ0v) is 15.0. The van der Waals surface area contributed by atoms with Crippen LogP contribution in [0.4, 0.5) is 0 Å². The average Bonchev–Trinajstić information content (AvgIpc) is 2.69. The molecule has 2 N–H and O–H groups in total. The Morgan fingerprint density at radius 1 is 1.07 bits per heavy atom. The van der Waals surface area contributed by atoms with Crippen molar-refractivity contribution in [3.8, 4) is 11.5 Å². The highest BCUT2D eigenvalue weighted by Gasteiger charge is 2.30. The summed E-state index contributed by atoms with van der Waals surface area (Å²) in [5.41, 5.74) is 0.430. The van der Waals surface area contributed by atoms with E-state index >= 15 is 0 Å². The number of rotatable bonds is 7. The molecule has 3 rings (SSSR count). The molecule has 142 valence electrons. The van der Waals surface area contributed by atoms with E-state index < -0.39 is 11.9 Å². The summed E-state index contributed by atoms with van der Waals surface area (Å²) in [4.78, 5) is 24.1. The van der Waals surface area contributed by atoms with E-state index in [-0.39, 0.29) is 18.4 Å². The lowest BCUT2D eigenvalue weighted by Gasteiger charge is -2.27. The minimum atomic E-state index is -0.886. The second-order valence-electron chi connectivity index (χ2n) is 6.55. The van der Waals surface area contributed by atoms with Crippen molar-refractivity contribution in [1.29, 1.82) is 0 Å². The summed E-state index contributed by atoms with van der Waals surface area (Å²) >= 11 is 0. The van der Waals surface area contributed by atoms with Gasteiger partial charge in [0.25, 0.3) is 5.91 Å². The first-order valence-corrected chi connectivity index (χ1v) is 9.05. The second-order valence-corrected chi connectivity index (χ2v) is 6.55. The molecular weight excluding hydrogens is 346 g/mol. The van der Waals surface area contributed by atoms with Crippen molar-refractivity contribution in [3.63, 3.8) is 0 Å². The van der Waals surface area contributed by atoms with Crippen LogP contribution >= 0.6 is 0 Å². The molecule has 1 aliphatic heterocycles. The molecule has 1 fully saturated rings. The van der Waals surface area contributed by atoms with Crippen LogP contribution in [-0.4, -0.2) is 36.7 Å². The second kappa shape index (κ2) is 9.19. The molecule has 0 radical (unpaired) electrons. The van der Waals surface area contributed by atoms with E-state index in [9.17, 15) is 14.7 Å². The number of carbonyl (C=O) groups is 2. The van der Waals surface area contributed by atoms with E-state index in [0.29, 0.717) is 43.1 Å². The molecule has 1 heterocycles. The van der Waals surface area contributed by atoms with Crippen LogP contribution < -0.4 is 10.1 Å². The molecule has 1 atom stereocenters. The SMILES string of the molecule is O=C(NCC(C(=O)O)C1CCOCC1)c1cccc(Oc2ccccc2)c1. The van der Waals surface area contributed by atoms with Gasteiger partial charge in [0.2, 0.25) is 0 Å². The van der Waals surface area contributed by atoms with Crippen LogP contribution in [0.25, 0.3) is 0 Å². The van der Waals surface area contributed by atoms with Crippen LogP contribution in [0.5, 0.6) is 11.5 Å². The largest absolute Gasteiger partial charge is 0.481 e. The normalized spacial score (nSPS) is 15.7. The number of hydrogen-bond donors (Lipinski definition) is 2. The molecule has 0 bridgehead atoms. The van der Waals surface area contributed by atoms with E-state index in [2.05, 4.69) is 5.32 Å². The molecule has 0 spiro atoms. The fourth-order valence-corrected chi connectivity index (χ4v) is 3.20. The van der Waals surface area contributed by atoms with E-state index in [1.807, 2.05) is 30.3 Å². The van der Waals surface area contributed by atoms with Crippen LogP contribution in [0.2, 0.25) is 0 Å². The van der Waals surface area contributed by atoms with E-state index in [0.717, 1.165) is 0 Å². The fraction of sp³-hybridized carbons (Fsp3) is 0.333. The third-order valence-electron chi connectivity index (χ3n) is 4.71.